The van der Waals surface area contributed by atoms with E-state index in [9.17, 15) is 9.59 Å². The molecule has 0 aliphatic rings. The summed E-state index contributed by atoms with van der Waals surface area (Å²) in [4.78, 5) is 32.0. The van der Waals surface area contributed by atoms with E-state index in [-0.39, 0.29) is 28.8 Å². The van der Waals surface area contributed by atoms with Crippen molar-refractivity contribution >= 4 is 17.5 Å². The maximum absolute atomic E-state index is 13.1. The number of nitrogens with zero attached hydrogens (tertiary/aromatic N) is 3. The zero-order valence-electron chi connectivity index (χ0n) is 24.2. The van der Waals surface area contributed by atoms with Crippen LogP contribution in [0, 0.1) is 5.41 Å². The molecule has 226 valence electrons. The second kappa shape index (κ2) is 14.0. The number of amidine groups is 1. The Hall–Kier alpha value is -5.37. The summed E-state index contributed by atoms with van der Waals surface area (Å²) in [5, 5.41) is 15.7. The van der Waals surface area contributed by atoms with Crippen molar-refractivity contribution in [3.63, 3.8) is 0 Å². The van der Waals surface area contributed by atoms with Crippen molar-refractivity contribution in [1.82, 2.24) is 19.7 Å². The maximum atomic E-state index is 13.1. The summed E-state index contributed by atoms with van der Waals surface area (Å²) in [7, 11) is 3.06. The van der Waals surface area contributed by atoms with Gasteiger partial charge in [-0.05, 0) is 48.9 Å². The summed E-state index contributed by atoms with van der Waals surface area (Å²) in [5.74, 6) is 1.04. The minimum Gasteiger partial charge on any atom is -0.493 e. The van der Waals surface area contributed by atoms with E-state index in [1.54, 1.807) is 49.6 Å². The molecule has 14 heteroatoms. The van der Waals surface area contributed by atoms with Gasteiger partial charge in [0.1, 0.15) is 24.2 Å². The number of anilines is 1. The van der Waals surface area contributed by atoms with Crippen molar-refractivity contribution in [3.05, 3.63) is 82.2 Å². The van der Waals surface area contributed by atoms with E-state index in [0.29, 0.717) is 48.3 Å². The molecule has 2 aromatic heterocycles. The average Bonchev–Trinajstić information content (AvgIpc) is 3.37. The van der Waals surface area contributed by atoms with Crippen LogP contribution in [0.5, 0.6) is 23.0 Å². The van der Waals surface area contributed by atoms with Crippen LogP contribution in [-0.4, -0.2) is 65.6 Å². The minimum atomic E-state index is -0.760. The van der Waals surface area contributed by atoms with Gasteiger partial charge in [0, 0.05) is 32.0 Å². The largest absolute Gasteiger partial charge is 0.493 e. The Kier molecular flexibility index (Phi) is 9.96. The van der Waals surface area contributed by atoms with Crippen LogP contribution in [0.1, 0.15) is 36.8 Å². The van der Waals surface area contributed by atoms with Gasteiger partial charge in [-0.25, -0.2) is 9.78 Å². The third-order valence-corrected chi connectivity index (χ3v) is 6.06. The number of nitrogen functional groups attached to an aromatic ring is 1. The number of methoxy groups -OCH3 is 2. The topological polar surface area (TPSA) is 189 Å². The van der Waals surface area contributed by atoms with Crippen molar-refractivity contribution in [1.29, 1.82) is 5.41 Å². The van der Waals surface area contributed by atoms with E-state index in [2.05, 4.69) is 20.4 Å². The fraction of sp³-hybridized carbons (Fsp3) is 0.276. The number of carbonyl (C=O) groups is 1. The predicted molar refractivity (Wildman–Crippen MR) is 158 cm³/mol. The van der Waals surface area contributed by atoms with Crippen LogP contribution in [0.15, 0.2) is 59.5 Å². The zero-order valence-corrected chi connectivity index (χ0v) is 24.2. The summed E-state index contributed by atoms with van der Waals surface area (Å²) >= 11 is 0. The predicted octanol–water partition coefficient (Wildman–Crippen LogP) is 2.80. The molecular formula is C29H33N7O7. The van der Waals surface area contributed by atoms with E-state index in [0.717, 1.165) is 4.68 Å². The average molecular weight is 592 g/mol. The number of rotatable bonds is 14. The van der Waals surface area contributed by atoms with Gasteiger partial charge < -0.3 is 34.7 Å². The van der Waals surface area contributed by atoms with Gasteiger partial charge in [0.15, 0.2) is 23.1 Å². The van der Waals surface area contributed by atoms with Crippen molar-refractivity contribution in [2.45, 2.75) is 19.9 Å². The Morgan fingerprint density at radius 3 is 2.58 bits per heavy atom. The molecule has 14 nitrogen and oxygen atoms in total. The Bertz CT molecular complexity index is 1650. The van der Waals surface area contributed by atoms with Gasteiger partial charge in [-0.15, -0.1) is 5.10 Å². The first-order valence-corrected chi connectivity index (χ1v) is 13.3. The van der Waals surface area contributed by atoms with Crippen LogP contribution < -0.4 is 35.7 Å². The molecule has 5 N–H and O–H groups in total. The second-order valence-corrected chi connectivity index (χ2v) is 9.03. The number of hydrogen-bond donors (Lipinski definition) is 4. The van der Waals surface area contributed by atoms with Gasteiger partial charge in [-0.2, -0.15) is 4.68 Å². The molecule has 0 unspecified atom stereocenters. The monoisotopic (exact) mass is 591 g/mol. The molecule has 1 atom stereocenters. The summed E-state index contributed by atoms with van der Waals surface area (Å²) in [6, 6.07) is 12.7. The van der Waals surface area contributed by atoms with Gasteiger partial charge in [-0.3, -0.25) is 15.2 Å². The lowest BCUT2D eigenvalue weighted by Gasteiger charge is -2.21. The van der Waals surface area contributed by atoms with Crippen LogP contribution in [-0.2, 0) is 9.53 Å². The van der Waals surface area contributed by atoms with Gasteiger partial charge in [0.05, 0.1) is 25.9 Å². The first-order valence-electron chi connectivity index (χ1n) is 13.3. The Balaban J connectivity index is 1.83. The molecule has 0 radical (unpaired) electrons. The molecular weight excluding hydrogens is 558 g/mol. The van der Waals surface area contributed by atoms with Crippen LogP contribution in [0.3, 0.4) is 0 Å². The second-order valence-electron chi connectivity index (χ2n) is 9.03. The SMILES string of the molecule is CCOc1cc([C@H](Nc2ccc(C(=N)N)c(OC(C)=O)c2)c2nn(-c3ncccc3OC)c(=O)[nH]2)ccc1OCCOC. The third-order valence-electron chi connectivity index (χ3n) is 6.06. The van der Waals surface area contributed by atoms with Crippen molar-refractivity contribution < 1.29 is 28.5 Å². The van der Waals surface area contributed by atoms with Crippen LogP contribution in [0.2, 0.25) is 0 Å². The zero-order chi connectivity index (χ0) is 30.9. The number of hydrogen-bond acceptors (Lipinski definition) is 11. The van der Waals surface area contributed by atoms with E-state index in [1.807, 2.05) is 6.92 Å². The molecule has 0 amide bonds. The molecule has 0 spiro atoms. The van der Waals surface area contributed by atoms with Gasteiger partial charge in [-0.1, -0.05) is 6.07 Å². The van der Waals surface area contributed by atoms with Crippen LogP contribution in [0.4, 0.5) is 5.69 Å². The third kappa shape index (κ3) is 7.29. The van der Waals surface area contributed by atoms with Crippen molar-refractivity contribution in [2.24, 2.45) is 5.73 Å². The number of pyridine rings is 1. The lowest BCUT2D eigenvalue weighted by molar-refractivity contribution is -0.131. The first kappa shape index (κ1) is 30.6. The number of aromatic amines is 1. The fourth-order valence-corrected chi connectivity index (χ4v) is 4.19. The molecule has 4 rings (SSSR count). The van der Waals surface area contributed by atoms with E-state index >= 15 is 0 Å². The number of carbonyl (C=O) groups excluding carboxylic acids is 1. The van der Waals surface area contributed by atoms with Crippen LogP contribution >= 0.6 is 0 Å². The van der Waals surface area contributed by atoms with E-state index in [1.165, 1.54) is 26.3 Å². The normalized spacial score (nSPS) is 11.4. The van der Waals surface area contributed by atoms with Crippen molar-refractivity contribution in [2.75, 3.05) is 39.4 Å². The lowest BCUT2D eigenvalue weighted by Crippen LogP contribution is -2.18. The number of nitrogens with one attached hydrogen (secondary N) is 3. The fourth-order valence-electron chi connectivity index (χ4n) is 4.19. The number of esters is 1. The maximum Gasteiger partial charge on any atom is 0.349 e. The highest BCUT2D eigenvalue weighted by atomic mass is 16.5. The van der Waals surface area contributed by atoms with Gasteiger partial charge >= 0.3 is 11.7 Å². The number of ether oxygens (including phenoxy) is 5. The van der Waals surface area contributed by atoms with Crippen LogP contribution in [0.25, 0.3) is 5.82 Å². The molecule has 43 heavy (non-hydrogen) atoms. The molecule has 0 aliphatic carbocycles. The van der Waals surface area contributed by atoms with Crippen molar-refractivity contribution in [3.8, 4) is 28.8 Å². The molecule has 0 fully saturated rings. The Morgan fingerprint density at radius 2 is 1.88 bits per heavy atom. The number of benzene rings is 2. The smallest absolute Gasteiger partial charge is 0.349 e. The Morgan fingerprint density at radius 1 is 1.07 bits per heavy atom. The molecule has 0 saturated heterocycles. The molecule has 2 aromatic carbocycles. The highest BCUT2D eigenvalue weighted by Gasteiger charge is 2.24. The number of aromatic nitrogens is 4. The van der Waals surface area contributed by atoms with Gasteiger partial charge in [0.2, 0.25) is 5.82 Å². The Labute approximate surface area is 247 Å². The molecule has 4 aromatic rings. The van der Waals surface area contributed by atoms with E-state index in [4.69, 9.17) is 34.8 Å². The molecule has 0 aliphatic heterocycles. The molecule has 2 heterocycles. The quantitative estimate of drug-likeness (QED) is 0.0555. The summed E-state index contributed by atoms with van der Waals surface area (Å²) in [5.41, 5.74) is 6.53. The lowest BCUT2D eigenvalue weighted by atomic mass is 10.0. The molecule has 0 saturated carbocycles. The summed E-state index contributed by atoms with van der Waals surface area (Å²) < 4.78 is 28.6. The van der Waals surface area contributed by atoms with E-state index < -0.39 is 17.7 Å². The van der Waals surface area contributed by atoms with Gasteiger partial charge in [0.25, 0.3) is 0 Å². The number of nitrogens with two attached hydrogens (primary N) is 1. The summed E-state index contributed by atoms with van der Waals surface area (Å²) in [6.45, 7) is 4.21. The first-order chi connectivity index (χ1) is 20.7. The number of H-pyrrole nitrogens is 1. The minimum absolute atomic E-state index is 0.0953. The summed E-state index contributed by atoms with van der Waals surface area (Å²) in [6.07, 6.45) is 1.53. The molecule has 0 bridgehead atoms. The highest BCUT2D eigenvalue weighted by molar-refractivity contribution is 5.98. The highest BCUT2D eigenvalue weighted by Crippen LogP contribution is 2.35. The standard InChI is InChI=1S/C29H33N7O7/c1-5-41-24-15-18(8-11-21(24)42-14-13-39-3)25(33-19-9-10-20(26(30)31)23(16-19)43-17(2)37)27-34-29(38)36(35-27)28-22(40-4)7-6-12-32-28/h6-12,15-16,25,33H,5,13-14H2,1-4H3,(H3,30,31)(H,34,35,38)/t25-/m0/s1.